The van der Waals surface area contributed by atoms with E-state index in [9.17, 15) is 24.2 Å². The van der Waals surface area contributed by atoms with E-state index in [0.717, 1.165) is 70.6 Å². The number of esters is 2. The van der Waals surface area contributed by atoms with Crippen LogP contribution in [0.4, 0.5) is 0 Å². The lowest BCUT2D eigenvalue weighted by molar-refractivity contribution is -0.870. The van der Waals surface area contributed by atoms with Gasteiger partial charge in [0.1, 0.15) is 19.8 Å². The van der Waals surface area contributed by atoms with Gasteiger partial charge in [0.2, 0.25) is 0 Å². The molecule has 0 amide bonds. The third kappa shape index (κ3) is 41.6. The van der Waals surface area contributed by atoms with Crippen molar-refractivity contribution in [2.75, 3.05) is 47.5 Å². The van der Waals surface area contributed by atoms with Crippen LogP contribution in [0.3, 0.4) is 0 Å². The molecule has 0 aliphatic carbocycles. The molecule has 11 heteroatoms. The Labute approximate surface area is 348 Å². The Morgan fingerprint density at radius 1 is 0.614 bits per heavy atom. The number of nitrogens with zero attached hydrogens (tertiary/aromatic N) is 1. The minimum absolute atomic E-state index is 0.0112. The van der Waals surface area contributed by atoms with E-state index in [1.165, 1.54) is 51.4 Å². The lowest BCUT2D eigenvalue weighted by atomic mass is 10.1. The number of phosphoric acid groups is 1. The molecule has 330 valence electrons. The molecule has 0 radical (unpaired) electrons. The fraction of sp³-hybridized carbons (Fsp3) is 0.739. The summed E-state index contributed by atoms with van der Waals surface area (Å²) >= 11 is 0. The first-order valence-electron chi connectivity index (χ1n) is 22.1. The van der Waals surface area contributed by atoms with Gasteiger partial charge in [-0.15, -0.1) is 0 Å². The molecular weight excluding hydrogens is 741 g/mol. The van der Waals surface area contributed by atoms with Gasteiger partial charge in [0.25, 0.3) is 0 Å². The van der Waals surface area contributed by atoms with Crippen LogP contribution < -0.4 is 0 Å². The fourth-order valence-corrected chi connectivity index (χ4v) is 6.29. The van der Waals surface area contributed by atoms with E-state index in [1.54, 1.807) is 0 Å². The number of allylic oxidation sites excluding steroid dienone is 9. The second-order valence-electron chi connectivity index (χ2n) is 15.9. The average Bonchev–Trinajstić information content (AvgIpc) is 3.16. The topological polar surface area (TPSA) is 129 Å². The summed E-state index contributed by atoms with van der Waals surface area (Å²) in [5.41, 5.74) is 0. The van der Waals surface area contributed by atoms with Gasteiger partial charge in [-0.2, -0.15) is 0 Å². The molecule has 0 aliphatic heterocycles. The molecule has 0 aromatic rings. The highest BCUT2D eigenvalue weighted by atomic mass is 31.2. The van der Waals surface area contributed by atoms with Crippen molar-refractivity contribution in [3.8, 4) is 0 Å². The number of carbonyl (C=O) groups excluding carboxylic acids is 2. The van der Waals surface area contributed by atoms with E-state index in [4.69, 9.17) is 18.5 Å². The van der Waals surface area contributed by atoms with E-state index < -0.39 is 32.5 Å². The number of rotatable bonds is 39. The maximum Gasteiger partial charge on any atom is 0.472 e. The first-order chi connectivity index (χ1) is 27.4. The summed E-state index contributed by atoms with van der Waals surface area (Å²) in [6.45, 7) is 4.16. The Morgan fingerprint density at radius 3 is 1.74 bits per heavy atom. The van der Waals surface area contributed by atoms with Crippen molar-refractivity contribution in [1.82, 2.24) is 0 Å². The second-order valence-corrected chi connectivity index (χ2v) is 17.3. The van der Waals surface area contributed by atoms with Crippen molar-refractivity contribution in [2.45, 2.75) is 174 Å². The Kier molecular flexibility index (Phi) is 36.4. The molecule has 0 saturated carbocycles. The van der Waals surface area contributed by atoms with Gasteiger partial charge in [-0.1, -0.05) is 139 Å². The number of phosphoric ester groups is 1. The average molecular weight is 825 g/mol. The molecule has 0 spiro atoms. The van der Waals surface area contributed by atoms with Crippen LogP contribution in [0.5, 0.6) is 0 Å². The van der Waals surface area contributed by atoms with E-state index in [0.29, 0.717) is 23.9 Å². The van der Waals surface area contributed by atoms with Crippen LogP contribution in [-0.4, -0.2) is 86.1 Å². The largest absolute Gasteiger partial charge is 0.472 e. The normalized spacial score (nSPS) is 14.7. The third-order valence-electron chi connectivity index (χ3n) is 9.09. The van der Waals surface area contributed by atoms with Gasteiger partial charge < -0.3 is 24.0 Å². The highest BCUT2D eigenvalue weighted by Gasteiger charge is 2.27. The van der Waals surface area contributed by atoms with Crippen molar-refractivity contribution in [2.24, 2.45) is 0 Å². The summed E-state index contributed by atoms with van der Waals surface area (Å²) in [6, 6.07) is 0. The van der Waals surface area contributed by atoms with Crippen LogP contribution in [0.15, 0.2) is 60.8 Å². The first-order valence-corrected chi connectivity index (χ1v) is 23.6. The quantitative estimate of drug-likeness (QED) is 0.0205. The number of likely N-dealkylation sites (N-methyl/N-ethyl adjacent to an activating group) is 1. The minimum atomic E-state index is -4.40. The summed E-state index contributed by atoms with van der Waals surface area (Å²) in [4.78, 5) is 35.3. The van der Waals surface area contributed by atoms with Crippen molar-refractivity contribution in [3.05, 3.63) is 60.8 Å². The van der Waals surface area contributed by atoms with Crippen LogP contribution in [0.25, 0.3) is 0 Å². The zero-order chi connectivity index (χ0) is 42.3. The standard InChI is InChI=1S/C46H82NO9P/c1-6-8-10-11-12-13-14-15-16-17-21-24-27-30-33-37-45(49)53-41-44(42-55-57(51,52)54-40-39-47(3,4)5)56-46(50)38-34-31-28-25-22-19-18-20-23-26-29-32-36-43(48)35-9-7-2/h13-14,18-19,23,25-26,28,32,36,43-44,48H,6-12,15-17,20-22,24,27,29-31,33-35,37-42H2,1-5H3/p+1/b14-13-,19-18-,26-23-,28-25-,36-32-/t43-,44-/m1/s1. The molecular formula is C46H83NO9P+. The predicted octanol–water partition coefficient (Wildman–Crippen LogP) is 11.4. The Bertz CT molecular complexity index is 1170. The Hall–Kier alpha value is -2.33. The first kappa shape index (κ1) is 54.7. The number of hydrogen-bond donors (Lipinski definition) is 2. The second kappa shape index (κ2) is 37.9. The number of aliphatic hydroxyl groups excluding tert-OH is 1. The molecule has 0 rings (SSSR count). The lowest BCUT2D eigenvalue weighted by Gasteiger charge is -2.24. The van der Waals surface area contributed by atoms with Crippen molar-refractivity contribution in [1.29, 1.82) is 0 Å². The molecule has 0 heterocycles. The number of ether oxygens (including phenoxy) is 2. The molecule has 2 N–H and O–H groups in total. The minimum Gasteiger partial charge on any atom is -0.462 e. The number of hydrogen-bond acceptors (Lipinski definition) is 8. The summed E-state index contributed by atoms with van der Waals surface area (Å²) in [5.74, 6) is -0.896. The molecule has 0 fully saturated rings. The third-order valence-corrected chi connectivity index (χ3v) is 10.1. The van der Waals surface area contributed by atoms with Gasteiger partial charge in [0.15, 0.2) is 6.10 Å². The van der Waals surface area contributed by atoms with Crippen molar-refractivity contribution in [3.63, 3.8) is 0 Å². The summed E-state index contributed by atoms with van der Waals surface area (Å²) in [6.07, 6.45) is 41.8. The van der Waals surface area contributed by atoms with Gasteiger partial charge >= 0.3 is 19.8 Å². The van der Waals surface area contributed by atoms with Crippen LogP contribution in [0.1, 0.15) is 162 Å². The molecule has 0 bridgehead atoms. The van der Waals surface area contributed by atoms with E-state index in [1.807, 2.05) is 39.4 Å². The van der Waals surface area contributed by atoms with Gasteiger partial charge in [0, 0.05) is 12.8 Å². The van der Waals surface area contributed by atoms with E-state index in [2.05, 4.69) is 56.4 Å². The molecule has 1 unspecified atom stereocenters. The van der Waals surface area contributed by atoms with Gasteiger partial charge in [-0.25, -0.2) is 4.57 Å². The molecule has 57 heavy (non-hydrogen) atoms. The molecule has 0 aromatic heterocycles. The highest BCUT2D eigenvalue weighted by molar-refractivity contribution is 7.47. The van der Waals surface area contributed by atoms with Gasteiger partial charge in [-0.3, -0.25) is 18.6 Å². The monoisotopic (exact) mass is 825 g/mol. The van der Waals surface area contributed by atoms with Gasteiger partial charge in [0.05, 0.1) is 33.9 Å². The van der Waals surface area contributed by atoms with Crippen molar-refractivity contribution < 1.29 is 47.2 Å². The highest BCUT2D eigenvalue weighted by Crippen LogP contribution is 2.43. The summed E-state index contributed by atoms with van der Waals surface area (Å²) in [5, 5.41) is 9.83. The predicted molar refractivity (Wildman–Crippen MR) is 235 cm³/mol. The van der Waals surface area contributed by atoms with Crippen LogP contribution >= 0.6 is 7.82 Å². The molecule has 10 nitrogen and oxygen atoms in total. The molecule has 0 aliphatic rings. The number of aliphatic hydroxyl groups is 1. The molecule has 0 aromatic carbocycles. The SMILES string of the molecule is CCCCCC/C=C\CCCCCCCCCC(=O)OC[C@H](COP(=O)(O)OCC[N+](C)(C)C)OC(=O)CCC/C=C\C/C=C\C/C=C\C/C=C\[C@H](O)CCCC. The Morgan fingerprint density at radius 2 is 1.12 bits per heavy atom. The van der Waals surface area contributed by atoms with Crippen LogP contribution in [0, 0.1) is 0 Å². The smallest absolute Gasteiger partial charge is 0.462 e. The van der Waals surface area contributed by atoms with Gasteiger partial charge in [-0.05, 0) is 70.6 Å². The van der Waals surface area contributed by atoms with E-state index >= 15 is 0 Å². The summed E-state index contributed by atoms with van der Waals surface area (Å²) in [7, 11) is 1.41. The number of quaternary nitrogens is 1. The fourth-order valence-electron chi connectivity index (χ4n) is 5.55. The number of unbranched alkanes of at least 4 members (excludes halogenated alkanes) is 13. The molecule has 0 saturated heterocycles. The molecule has 3 atom stereocenters. The zero-order valence-corrected chi connectivity index (χ0v) is 37.6. The maximum absolute atomic E-state index is 12.7. The zero-order valence-electron chi connectivity index (χ0n) is 36.7. The maximum atomic E-state index is 12.7. The van der Waals surface area contributed by atoms with Crippen LogP contribution in [0.2, 0.25) is 0 Å². The summed E-state index contributed by atoms with van der Waals surface area (Å²) < 4.78 is 34.2. The lowest BCUT2D eigenvalue weighted by Crippen LogP contribution is -2.37. The van der Waals surface area contributed by atoms with E-state index in [-0.39, 0.29) is 32.2 Å². The number of carbonyl (C=O) groups is 2. The van der Waals surface area contributed by atoms with Crippen LogP contribution in [-0.2, 0) is 32.7 Å². The van der Waals surface area contributed by atoms with Crippen molar-refractivity contribution >= 4 is 19.8 Å². The Balaban J connectivity index is 4.50.